The second-order valence-corrected chi connectivity index (χ2v) is 8.80. The third kappa shape index (κ3) is 4.64. The monoisotopic (exact) mass is 435 g/mol. The summed E-state index contributed by atoms with van der Waals surface area (Å²) in [5, 5.41) is 3.67. The number of hydrogen-bond acceptors (Lipinski definition) is 5. The van der Waals surface area contributed by atoms with Crippen molar-refractivity contribution in [3.8, 4) is 0 Å². The molecule has 0 spiro atoms. The number of piperazine rings is 1. The smallest absolute Gasteiger partial charge is 0.255 e. The van der Waals surface area contributed by atoms with Crippen molar-refractivity contribution in [2.45, 2.75) is 24.8 Å². The minimum atomic E-state index is -0.194. The van der Waals surface area contributed by atoms with Gasteiger partial charge in [-0.1, -0.05) is 23.7 Å². The lowest BCUT2D eigenvalue weighted by atomic mass is 9.93. The van der Waals surface area contributed by atoms with Crippen LogP contribution in [0.15, 0.2) is 24.3 Å². The fraction of sp³-hybridized carbons (Fsp3) is 0.636. The largest absolute Gasteiger partial charge is 0.381 e. The fourth-order valence-electron chi connectivity index (χ4n) is 4.64. The van der Waals surface area contributed by atoms with Crippen LogP contribution in [0.5, 0.6) is 0 Å². The van der Waals surface area contributed by atoms with Crippen molar-refractivity contribution in [2.24, 2.45) is 5.92 Å². The Bertz CT molecular complexity index is 755. The average molecular weight is 436 g/mol. The molecule has 0 aliphatic carbocycles. The highest BCUT2D eigenvalue weighted by Gasteiger charge is 2.43. The Labute approximate surface area is 182 Å². The first kappa shape index (κ1) is 21.6. The van der Waals surface area contributed by atoms with Crippen molar-refractivity contribution >= 4 is 23.4 Å². The first-order chi connectivity index (χ1) is 14.6. The number of ether oxygens (including phenoxy) is 2. The van der Waals surface area contributed by atoms with Gasteiger partial charge in [0.1, 0.15) is 0 Å². The summed E-state index contributed by atoms with van der Waals surface area (Å²) >= 11 is 6.21. The molecule has 0 aromatic heterocycles. The quantitative estimate of drug-likeness (QED) is 0.763. The van der Waals surface area contributed by atoms with Crippen molar-refractivity contribution in [3.63, 3.8) is 0 Å². The van der Waals surface area contributed by atoms with Crippen LogP contribution in [0.4, 0.5) is 0 Å². The summed E-state index contributed by atoms with van der Waals surface area (Å²) in [6.07, 6.45) is 2.47. The molecule has 30 heavy (non-hydrogen) atoms. The summed E-state index contributed by atoms with van der Waals surface area (Å²) in [6.45, 7) is 6.01. The first-order valence-corrected chi connectivity index (χ1v) is 11.2. The van der Waals surface area contributed by atoms with Gasteiger partial charge in [-0.05, 0) is 31.4 Å². The third-order valence-electron chi connectivity index (χ3n) is 6.61. The van der Waals surface area contributed by atoms with E-state index in [0.29, 0.717) is 56.6 Å². The number of rotatable bonds is 5. The Morgan fingerprint density at radius 3 is 2.47 bits per heavy atom. The van der Waals surface area contributed by atoms with Crippen LogP contribution in [0.25, 0.3) is 0 Å². The van der Waals surface area contributed by atoms with Gasteiger partial charge in [0.2, 0.25) is 5.91 Å². The van der Waals surface area contributed by atoms with Crippen LogP contribution in [-0.4, -0.2) is 86.3 Å². The molecule has 3 saturated heterocycles. The molecule has 8 heteroatoms. The third-order valence-corrected chi connectivity index (χ3v) is 6.94. The van der Waals surface area contributed by atoms with Gasteiger partial charge in [0.15, 0.2) is 0 Å². The normalized spacial score (nSPS) is 26.0. The molecule has 4 rings (SSSR count). The highest BCUT2D eigenvalue weighted by molar-refractivity contribution is 6.33. The van der Waals surface area contributed by atoms with Gasteiger partial charge in [-0.2, -0.15) is 0 Å². The number of hydrogen-bond donors (Lipinski definition) is 1. The van der Waals surface area contributed by atoms with Gasteiger partial charge in [-0.3, -0.25) is 14.5 Å². The Balaban J connectivity index is 1.34. The summed E-state index contributed by atoms with van der Waals surface area (Å²) < 4.78 is 11.1. The summed E-state index contributed by atoms with van der Waals surface area (Å²) in [6, 6.07) is 7.18. The van der Waals surface area contributed by atoms with Gasteiger partial charge in [0, 0.05) is 58.5 Å². The molecular weight excluding hydrogens is 406 g/mol. The summed E-state index contributed by atoms with van der Waals surface area (Å²) in [4.78, 5) is 29.7. The second kappa shape index (κ2) is 9.64. The van der Waals surface area contributed by atoms with Gasteiger partial charge < -0.3 is 19.7 Å². The van der Waals surface area contributed by atoms with E-state index in [4.69, 9.17) is 21.1 Å². The Morgan fingerprint density at radius 1 is 1.07 bits per heavy atom. The number of nitrogens with one attached hydrogen (secondary N) is 1. The number of carbonyl (C=O) groups excluding carboxylic acids is 2. The maximum atomic E-state index is 12.8. The van der Waals surface area contributed by atoms with Crippen LogP contribution in [0.1, 0.15) is 29.6 Å². The van der Waals surface area contributed by atoms with E-state index in [1.807, 2.05) is 17.0 Å². The van der Waals surface area contributed by atoms with Crippen molar-refractivity contribution in [1.82, 2.24) is 15.1 Å². The molecule has 1 aromatic carbocycles. The van der Waals surface area contributed by atoms with Gasteiger partial charge in [-0.15, -0.1) is 0 Å². The van der Waals surface area contributed by atoms with Gasteiger partial charge in [0.25, 0.3) is 5.91 Å². The highest BCUT2D eigenvalue weighted by Crippen LogP contribution is 2.28. The van der Waals surface area contributed by atoms with Crippen molar-refractivity contribution in [2.75, 3.05) is 59.2 Å². The van der Waals surface area contributed by atoms with Crippen molar-refractivity contribution < 1.29 is 19.1 Å². The Kier molecular flexibility index (Phi) is 6.93. The zero-order valence-electron chi connectivity index (χ0n) is 17.3. The predicted octanol–water partition coefficient (Wildman–Crippen LogP) is 1.80. The highest BCUT2D eigenvalue weighted by atomic mass is 35.5. The van der Waals surface area contributed by atoms with Crippen LogP contribution in [0, 0.1) is 5.92 Å². The molecule has 1 unspecified atom stereocenters. The van der Waals surface area contributed by atoms with E-state index in [-0.39, 0.29) is 23.3 Å². The fourth-order valence-corrected chi connectivity index (χ4v) is 4.86. The maximum absolute atomic E-state index is 12.8. The van der Waals surface area contributed by atoms with Crippen LogP contribution >= 0.6 is 11.6 Å². The molecule has 3 aliphatic rings. The van der Waals surface area contributed by atoms with Gasteiger partial charge in [0.05, 0.1) is 22.7 Å². The SMILES string of the molecule is O=C(NCC1(N2CCN(C(=O)c3ccccc3Cl)CC2)CCOC1)C1CCOCC1. The van der Waals surface area contributed by atoms with E-state index >= 15 is 0 Å². The number of halogens is 1. The molecule has 0 radical (unpaired) electrons. The standard InChI is InChI=1S/C22H30ClN3O4/c23-19-4-2-1-3-18(19)21(28)25-8-10-26(11-9-25)22(7-14-30-16-22)15-24-20(27)17-5-12-29-13-6-17/h1-4,17H,5-16H2,(H,24,27). The van der Waals surface area contributed by atoms with Crippen LogP contribution < -0.4 is 5.32 Å². The number of nitrogens with zero attached hydrogens (tertiary/aromatic N) is 2. The molecule has 7 nitrogen and oxygen atoms in total. The summed E-state index contributed by atoms with van der Waals surface area (Å²) in [5.74, 6) is 0.144. The number of carbonyl (C=O) groups is 2. The minimum Gasteiger partial charge on any atom is -0.381 e. The lowest BCUT2D eigenvalue weighted by Gasteiger charge is -2.45. The molecular formula is C22H30ClN3O4. The molecule has 1 atom stereocenters. The molecule has 1 N–H and O–H groups in total. The van der Waals surface area contributed by atoms with Gasteiger partial charge >= 0.3 is 0 Å². The molecule has 164 valence electrons. The molecule has 3 fully saturated rings. The van der Waals surface area contributed by atoms with Crippen molar-refractivity contribution in [1.29, 1.82) is 0 Å². The average Bonchev–Trinajstić information content (AvgIpc) is 3.28. The lowest BCUT2D eigenvalue weighted by molar-refractivity contribution is -0.128. The second-order valence-electron chi connectivity index (χ2n) is 8.39. The van der Waals surface area contributed by atoms with E-state index in [1.165, 1.54) is 0 Å². The Hall–Kier alpha value is -1.67. The minimum absolute atomic E-state index is 0.0233. The number of benzene rings is 1. The first-order valence-electron chi connectivity index (χ1n) is 10.8. The lowest BCUT2D eigenvalue weighted by Crippen LogP contribution is -2.62. The van der Waals surface area contributed by atoms with Crippen LogP contribution in [-0.2, 0) is 14.3 Å². The van der Waals surface area contributed by atoms with Crippen LogP contribution in [0.2, 0.25) is 5.02 Å². The molecule has 1 aromatic rings. The van der Waals surface area contributed by atoms with E-state index in [2.05, 4.69) is 10.2 Å². The molecule has 2 amide bonds. The van der Waals surface area contributed by atoms with Crippen LogP contribution in [0.3, 0.4) is 0 Å². The van der Waals surface area contributed by atoms with E-state index in [1.54, 1.807) is 12.1 Å². The Morgan fingerprint density at radius 2 is 1.80 bits per heavy atom. The number of amides is 2. The molecule has 0 bridgehead atoms. The van der Waals surface area contributed by atoms with E-state index in [9.17, 15) is 9.59 Å². The van der Waals surface area contributed by atoms with E-state index < -0.39 is 0 Å². The molecule has 3 aliphatic heterocycles. The van der Waals surface area contributed by atoms with Crippen molar-refractivity contribution in [3.05, 3.63) is 34.9 Å². The molecule has 3 heterocycles. The molecule has 0 saturated carbocycles. The maximum Gasteiger partial charge on any atom is 0.255 e. The van der Waals surface area contributed by atoms with E-state index in [0.717, 1.165) is 32.4 Å². The zero-order valence-corrected chi connectivity index (χ0v) is 18.0. The topological polar surface area (TPSA) is 71.1 Å². The zero-order chi connectivity index (χ0) is 21.0. The summed E-state index contributed by atoms with van der Waals surface area (Å²) in [7, 11) is 0. The summed E-state index contributed by atoms with van der Waals surface area (Å²) in [5.41, 5.74) is 0.357. The predicted molar refractivity (Wildman–Crippen MR) is 114 cm³/mol. The van der Waals surface area contributed by atoms with Gasteiger partial charge in [-0.25, -0.2) is 0 Å².